The van der Waals surface area contributed by atoms with Crippen molar-refractivity contribution in [3.63, 3.8) is 0 Å². The fourth-order valence-electron chi connectivity index (χ4n) is 2.99. The van der Waals surface area contributed by atoms with E-state index in [0.717, 1.165) is 48.9 Å². The van der Waals surface area contributed by atoms with Gasteiger partial charge in [-0.2, -0.15) is 5.10 Å². The Morgan fingerprint density at radius 3 is 2.86 bits per heavy atom. The molecule has 4 rings (SSSR count). The molecule has 22 heavy (non-hydrogen) atoms. The summed E-state index contributed by atoms with van der Waals surface area (Å²) in [5.74, 6) is 2.54. The zero-order valence-corrected chi connectivity index (χ0v) is 14.0. The van der Waals surface area contributed by atoms with Crippen LogP contribution in [0, 0.1) is 5.92 Å². The average Bonchev–Trinajstić information content (AvgIpc) is 3.19. The van der Waals surface area contributed by atoms with E-state index in [0.29, 0.717) is 12.5 Å². The fraction of sp³-hybridized carbons (Fsp3) is 0.600. The van der Waals surface area contributed by atoms with Crippen LogP contribution in [-0.2, 0) is 26.1 Å². The first-order chi connectivity index (χ1) is 10.7. The van der Waals surface area contributed by atoms with Crippen molar-refractivity contribution in [1.29, 1.82) is 0 Å². The smallest absolute Gasteiger partial charge is 0.345 e. The van der Waals surface area contributed by atoms with Gasteiger partial charge in [0.2, 0.25) is 0 Å². The Bertz CT molecular complexity index is 728. The molecular formula is C15H19BrN4O2. The highest BCUT2D eigenvalue weighted by Gasteiger charge is 2.26. The van der Waals surface area contributed by atoms with E-state index in [9.17, 15) is 4.79 Å². The summed E-state index contributed by atoms with van der Waals surface area (Å²) in [5.41, 5.74) is 0.0597. The van der Waals surface area contributed by atoms with Gasteiger partial charge in [0.05, 0.1) is 6.54 Å². The predicted molar refractivity (Wildman–Crippen MR) is 84.6 cm³/mol. The second-order valence-electron chi connectivity index (χ2n) is 6.21. The zero-order valence-electron chi connectivity index (χ0n) is 12.4. The summed E-state index contributed by atoms with van der Waals surface area (Å²) in [4.78, 5) is 14.7. The van der Waals surface area contributed by atoms with Crippen LogP contribution in [0.15, 0.2) is 26.0 Å². The maximum atomic E-state index is 12.4. The van der Waals surface area contributed by atoms with Crippen LogP contribution in [0.2, 0.25) is 0 Å². The van der Waals surface area contributed by atoms with Gasteiger partial charge in [0, 0.05) is 32.6 Å². The molecule has 0 amide bonds. The van der Waals surface area contributed by atoms with Crippen LogP contribution in [0.5, 0.6) is 0 Å². The van der Waals surface area contributed by atoms with Gasteiger partial charge < -0.3 is 4.42 Å². The Hall–Kier alpha value is -1.34. The van der Waals surface area contributed by atoms with Crippen LogP contribution >= 0.6 is 15.9 Å². The van der Waals surface area contributed by atoms with Gasteiger partial charge >= 0.3 is 5.69 Å². The molecule has 1 aliphatic heterocycles. The van der Waals surface area contributed by atoms with Crippen molar-refractivity contribution < 1.29 is 4.42 Å². The summed E-state index contributed by atoms with van der Waals surface area (Å²) in [5, 5.41) is 4.55. The first-order valence-electron chi connectivity index (χ1n) is 7.82. The number of rotatable bonds is 4. The molecule has 0 N–H and O–H groups in total. The highest BCUT2D eigenvalue weighted by atomic mass is 79.9. The molecule has 2 aromatic rings. The van der Waals surface area contributed by atoms with Crippen molar-refractivity contribution in [2.24, 2.45) is 5.92 Å². The lowest BCUT2D eigenvalue weighted by atomic mass is 10.3. The minimum atomic E-state index is 0.0597. The monoisotopic (exact) mass is 366 g/mol. The van der Waals surface area contributed by atoms with E-state index in [1.54, 1.807) is 4.68 Å². The second-order valence-corrected chi connectivity index (χ2v) is 6.99. The molecule has 2 aromatic heterocycles. The van der Waals surface area contributed by atoms with Gasteiger partial charge in [-0.3, -0.25) is 9.47 Å². The number of halogens is 1. The first kappa shape index (κ1) is 14.3. The van der Waals surface area contributed by atoms with Crippen LogP contribution in [0.4, 0.5) is 0 Å². The number of aromatic nitrogens is 3. The largest absolute Gasteiger partial charge is 0.453 e. The lowest BCUT2D eigenvalue weighted by Gasteiger charge is -2.17. The third kappa shape index (κ3) is 2.92. The van der Waals surface area contributed by atoms with Crippen LogP contribution in [0.1, 0.15) is 24.4 Å². The second kappa shape index (κ2) is 5.70. The molecule has 7 heteroatoms. The Morgan fingerprint density at radius 1 is 1.27 bits per heavy atom. The Labute approximate surface area is 136 Å². The quantitative estimate of drug-likeness (QED) is 0.828. The standard InChI is InChI=1S/C15H19BrN4O2/c16-13-4-3-12(22-13)10-18-6-5-14-17-20(9-11-1-2-11)15(21)19(14)8-7-18/h3-4,11H,1-2,5-10H2. The third-order valence-electron chi connectivity index (χ3n) is 4.43. The molecule has 0 aromatic carbocycles. The summed E-state index contributed by atoms with van der Waals surface area (Å²) in [6.07, 6.45) is 3.29. The van der Waals surface area contributed by atoms with E-state index in [-0.39, 0.29) is 5.69 Å². The fourth-order valence-corrected chi connectivity index (χ4v) is 3.33. The first-order valence-corrected chi connectivity index (χ1v) is 8.61. The van der Waals surface area contributed by atoms with Gasteiger partial charge in [0.25, 0.3) is 0 Å². The van der Waals surface area contributed by atoms with E-state index in [1.165, 1.54) is 12.8 Å². The van der Waals surface area contributed by atoms with Gasteiger partial charge in [-0.25, -0.2) is 9.48 Å². The maximum Gasteiger partial charge on any atom is 0.345 e. The molecule has 1 aliphatic carbocycles. The van der Waals surface area contributed by atoms with E-state index in [1.807, 2.05) is 16.7 Å². The molecule has 1 saturated carbocycles. The SMILES string of the molecule is O=c1n(CC2CC2)nc2n1CCN(Cc1ccc(Br)o1)CC2. The van der Waals surface area contributed by atoms with Crippen LogP contribution in [-0.4, -0.2) is 32.3 Å². The highest BCUT2D eigenvalue weighted by molar-refractivity contribution is 9.10. The summed E-state index contributed by atoms with van der Waals surface area (Å²) >= 11 is 3.33. The molecule has 0 saturated heterocycles. The molecule has 118 valence electrons. The van der Waals surface area contributed by atoms with Crippen molar-refractivity contribution in [1.82, 2.24) is 19.2 Å². The molecule has 0 bridgehead atoms. The molecule has 1 fully saturated rings. The lowest BCUT2D eigenvalue weighted by molar-refractivity contribution is 0.245. The normalized spacial score (nSPS) is 19.1. The van der Waals surface area contributed by atoms with Crippen molar-refractivity contribution in [3.8, 4) is 0 Å². The van der Waals surface area contributed by atoms with Crippen LogP contribution < -0.4 is 5.69 Å². The van der Waals surface area contributed by atoms with Crippen molar-refractivity contribution in [3.05, 3.63) is 38.9 Å². The van der Waals surface area contributed by atoms with Gasteiger partial charge in [-0.05, 0) is 46.8 Å². The van der Waals surface area contributed by atoms with Gasteiger partial charge in [0.1, 0.15) is 11.6 Å². The topological polar surface area (TPSA) is 56.2 Å². The molecule has 6 nitrogen and oxygen atoms in total. The van der Waals surface area contributed by atoms with Gasteiger partial charge in [0.15, 0.2) is 4.67 Å². The molecular weight excluding hydrogens is 348 g/mol. The molecule has 0 atom stereocenters. The number of fused-ring (bicyclic) bond motifs is 1. The minimum absolute atomic E-state index is 0.0597. The summed E-state index contributed by atoms with van der Waals surface area (Å²) in [6, 6.07) is 3.89. The van der Waals surface area contributed by atoms with Crippen molar-refractivity contribution >= 4 is 15.9 Å². The Balaban J connectivity index is 1.45. The Kier molecular flexibility index (Phi) is 3.69. The van der Waals surface area contributed by atoms with Crippen LogP contribution in [0.25, 0.3) is 0 Å². The van der Waals surface area contributed by atoms with Crippen molar-refractivity contribution in [2.45, 2.75) is 38.9 Å². The van der Waals surface area contributed by atoms with Gasteiger partial charge in [-0.15, -0.1) is 0 Å². The Morgan fingerprint density at radius 2 is 2.14 bits per heavy atom. The summed E-state index contributed by atoms with van der Waals surface area (Å²) in [6.45, 7) is 4.02. The molecule has 0 unspecified atom stereocenters. The minimum Gasteiger partial charge on any atom is -0.453 e. The summed E-state index contributed by atoms with van der Waals surface area (Å²) in [7, 11) is 0. The number of furan rings is 1. The van der Waals surface area contributed by atoms with Crippen molar-refractivity contribution in [2.75, 3.05) is 13.1 Å². The zero-order chi connectivity index (χ0) is 15.1. The lowest BCUT2D eigenvalue weighted by Crippen LogP contribution is -2.30. The van der Waals surface area contributed by atoms with E-state index >= 15 is 0 Å². The average molecular weight is 367 g/mol. The summed E-state index contributed by atoms with van der Waals surface area (Å²) < 4.78 is 9.84. The number of nitrogens with zero attached hydrogens (tertiary/aromatic N) is 4. The van der Waals surface area contributed by atoms with Gasteiger partial charge in [-0.1, -0.05) is 0 Å². The van der Waals surface area contributed by atoms with Crippen LogP contribution in [0.3, 0.4) is 0 Å². The van der Waals surface area contributed by atoms with E-state index in [2.05, 4.69) is 25.9 Å². The third-order valence-corrected chi connectivity index (χ3v) is 4.85. The predicted octanol–water partition coefficient (Wildman–Crippen LogP) is 1.87. The molecule has 0 spiro atoms. The van der Waals surface area contributed by atoms with E-state index < -0.39 is 0 Å². The van der Waals surface area contributed by atoms with E-state index in [4.69, 9.17) is 4.42 Å². The molecule has 0 radical (unpaired) electrons. The number of hydrogen-bond acceptors (Lipinski definition) is 4. The maximum absolute atomic E-state index is 12.4. The number of hydrogen-bond donors (Lipinski definition) is 0. The highest BCUT2D eigenvalue weighted by Crippen LogP contribution is 2.29. The molecule has 3 heterocycles. The molecule has 2 aliphatic rings.